The van der Waals surface area contributed by atoms with Gasteiger partial charge in [0.05, 0.1) is 17.8 Å². The standard InChI is InChI=1S/C22H19FN4O5.C7H7F3N2.CH4.2ClH/c1-3-8-32-22(31)13-4-5-14-12(11(13)2)6-7-16(14)26-20(28)18-9-17(21(29)30)25-19-15(23)10-24-27(18)19;8-7(9,10)6-3-5(4-11)1-2-12-6;;;/h3-5,9-10,16H,1,6-8H2,2H3,(H,26,28)(H,29,30);1-3H,4,11H2;1H4;2*1H/t16-;;;;/m0..../s1. The van der Waals surface area contributed by atoms with Crippen LogP contribution in [0.15, 0.2) is 55.4 Å². The predicted molar refractivity (Wildman–Crippen MR) is 168 cm³/mol. The fourth-order valence-electron chi connectivity index (χ4n) is 4.66. The van der Waals surface area contributed by atoms with Gasteiger partial charge in [-0.1, -0.05) is 26.1 Å². The van der Waals surface area contributed by atoms with Crippen LogP contribution in [0.5, 0.6) is 0 Å². The Morgan fingerprint density at radius 1 is 1.21 bits per heavy atom. The number of nitrogens with two attached hydrogens (primary N) is 1. The Kier molecular flexibility index (Phi) is 14.5. The van der Waals surface area contributed by atoms with Crippen LogP contribution in [0.2, 0.25) is 0 Å². The molecule has 47 heavy (non-hydrogen) atoms. The Morgan fingerprint density at radius 2 is 1.91 bits per heavy atom. The monoisotopic (exact) mass is 702 g/mol. The van der Waals surface area contributed by atoms with Crippen LogP contribution in [0.3, 0.4) is 0 Å². The molecule has 17 heteroatoms. The molecule has 11 nitrogen and oxygen atoms in total. The summed E-state index contributed by atoms with van der Waals surface area (Å²) in [6.45, 7) is 5.55. The van der Waals surface area contributed by atoms with Crippen molar-refractivity contribution in [3.8, 4) is 0 Å². The van der Waals surface area contributed by atoms with Crippen molar-refractivity contribution in [1.29, 1.82) is 0 Å². The van der Waals surface area contributed by atoms with Crippen molar-refractivity contribution in [2.75, 3.05) is 6.61 Å². The highest BCUT2D eigenvalue weighted by Crippen LogP contribution is 2.35. The summed E-state index contributed by atoms with van der Waals surface area (Å²) < 4.78 is 56.0. The predicted octanol–water partition coefficient (Wildman–Crippen LogP) is 5.67. The Bertz CT molecular complexity index is 1770. The number of carboxylic acids is 1. The summed E-state index contributed by atoms with van der Waals surface area (Å²) in [5.41, 5.74) is 6.77. The Hall–Kier alpha value is -4.60. The lowest BCUT2D eigenvalue weighted by Gasteiger charge is -2.16. The lowest BCUT2D eigenvalue weighted by molar-refractivity contribution is -0.141. The zero-order valence-electron chi connectivity index (χ0n) is 24.0. The minimum absolute atomic E-state index is 0. The number of alkyl halides is 3. The van der Waals surface area contributed by atoms with E-state index in [2.05, 4.69) is 27.0 Å². The molecule has 4 aromatic rings. The van der Waals surface area contributed by atoms with Gasteiger partial charge in [-0.15, -0.1) is 24.8 Å². The Balaban J connectivity index is 0.000000629. The molecule has 1 aromatic carbocycles. The van der Waals surface area contributed by atoms with Crippen molar-refractivity contribution >= 4 is 48.3 Å². The van der Waals surface area contributed by atoms with Gasteiger partial charge in [0.25, 0.3) is 5.91 Å². The molecule has 4 N–H and O–H groups in total. The number of carbonyl (C=O) groups excluding carboxylic acids is 2. The van der Waals surface area contributed by atoms with Crippen molar-refractivity contribution < 1.29 is 41.8 Å². The fraction of sp³-hybridized carbons (Fsp3) is 0.267. The Morgan fingerprint density at radius 3 is 2.53 bits per heavy atom. The van der Waals surface area contributed by atoms with Crippen LogP contribution >= 0.6 is 24.8 Å². The second-order valence-corrected chi connectivity index (χ2v) is 9.57. The molecule has 0 aliphatic heterocycles. The minimum atomic E-state index is -4.38. The maximum atomic E-state index is 13.9. The summed E-state index contributed by atoms with van der Waals surface area (Å²) in [6.07, 6.45) is 0.295. The number of nitrogens with one attached hydrogen (secondary N) is 1. The molecule has 1 aliphatic rings. The van der Waals surface area contributed by atoms with Crippen molar-refractivity contribution in [3.63, 3.8) is 0 Å². The third-order valence-electron chi connectivity index (χ3n) is 6.78. The molecule has 0 saturated carbocycles. The molecule has 0 spiro atoms. The molecule has 254 valence electrons. The van der Waals surface area contributed by atoms with Crippen LogP contribution in [0, 0.1) is 12.7 Å². The van der Waals surface area contributed by atoms with E-state index in [1.54, 1.807) is 12.1 Å². The largest absolute Gasteiger partial charge is 0.477 e. The number of amides is 1. The molecule has 0 fully saturated rings. The van der Waals surface area contributed by atoms with E-state index in [9.17, 15) is 37.1 Å². The van der Waals surface area contributed by atoms with Crippen LogP contribution in [-0.4, -0.2) is 49.1 Å². The molecule has 0 saturated heterocycles. The molecule has 3 aromatic heterocycles. The van der Waals surface area contributed by atoms with Gasteiger partial charge >= 0.3 is 18.1 Å². The summed E-state index contributed by atoms with van der Waals surface area (Å²) in [4.78, 5) is 43.5. The number of fused-ring (bicyclic) bond motifs is 2. The topological polar surface area (TPSA) is 162 Å². The van der Waals surface area contributed by atoms with Gasteiger partial charge in [-0.3, -0.25) is 9.78 Å². The van der Waals surface area contributed by atoms with E-state index in [1.165, 1.54) is 12.1 Å². The van der Waals surface area contributed by atoms with Crippen molar-refractivity contribution in [1.82, 2.24) is 24.9 Å². The molecular formula is C30H32Cl2F4N6O5. The van der Waals surface area contributed by atoms with E-state index in [-0.39, 0.29) is 62.8 Å². The number of hydrogen-bond acceptors (Lipinski definition) is 8. The van der Waals surface area contributed by atoms with E-state index in [0.29, 0.717) is 24.0 Å². The summed E-state index contributed by atoms with van der Waals surface area (Å²) >= 11 is 0. The average Bonchev–Trinajstić information content (AvgIpc) is 3.59. The lowest BCUT2D eigenvalue weighted by atomic mass is 9.98. The lowest BCUT2D eigenvalue weighted by Crippen LogP contribution is -2.29. The maximum Gasteiger partial charge on any atom is 0.433 e. The SMILES string of the molecule is C.C=CCOC(=O)c1ccc2c(c1C)CC[C@@H]2NC(=O)c1cc(C(=O)O)nc2c(F)cnn12.Cl.Cl.NCc1ccnc(C(F)(F)F)c1. The first kappa shape index (κ1) is 40.4. The van der Waals surface area contributed by atoms with Crippen LogP contribution in [0.25, 0.3) is 5.65 Å². The molecule has 0 unspecified atom stereocenters. The van der Waals surface area contributed by atoms with Crippen LogP contribution in [0.1, 0.15) is 79.2 Å². The molecular weight excluding hydrogens is 671 g/mol. The minimum Gasteiger partial charge on any atom is -0.477 e. The quantitative estimate of drug-likeness (QED) is 0.125. The first-order valence-corrected chi connectivity index (χ1v) is 13.1. The number of carbonyl (C=O) groups is 3. The van der Waals surface area contributed by atoms with Crippen LogP contribution < -0.4 is 11.1 Å². The molecule has 1 aliphatic carbocycles. The van der Waals surface area contributed by atoms with Gasteiger partial charge in [-0.2, -0.15) is 18.3 Å². The molecule has 0 bridgehead atoms. The number of esters is 1. The molecule has 3 heterocycles. The van der Waals surface area contributed by atoms with E-state index in [1.807, 2.05) is 6.92 Å². The second-order valence-electron chi connectivity index (χ2n) is 9.57. The molecule has 0 radical (unpaired) electrons. The van der Waals surface area contributed by atoms with Crippen molar-refractivity contribution in [2.24, 2.45) is 5.73 Å². The van der Waals surface area contributed by atoms with Gasteiger partial charge < -0.3 is 20.9 Å². The summed E-state index contributed by atoms with van der Waals surface area (Å²) in [5, 5.41) is 15.9. The van der Waals surface area contributed by atoms with E-state index < -0.39 is 41.2 Å². The van der Waals surface area contributed by atoms with Crippen LogP contribution in [-0.2, 0) is 23.9 Å². The first-order valence-electron chi connectivity index (χ1n) is 13.1. The number of benzene rings is 1. The van der Waals surface area contributed by atoms with Gasteiger partial charge in [-0.25, -0.2) is 23.5 Å². The summed E-state index contributed by atoms with van der Waals surface area (Å²) in [7, 11) is 0. The van der Waals surface area contributed by atoms with Gasteiger partial charge in [0.1, 0.15) is 18.0 Å². The smallest absolute Gasteiger partial charge is 0.433 e. The number of pyridine rings is 1. The average molecular weight is 704 g/mol. The zero-order valence-corrected chi connectivity index (χ0v) is 25.6. The number of nitrogens with zero attached hydrogens (tertiary/aromatic N) is 4. The zero-order chi connectivity index (χ0) is 32.2. The Labute approximate surface area is 279 Å². The first-order chi connectivity index (χ1) is 20.8. The number of carboxylic acid groups (broad SMARTS) is 1. The summed E-state index contributed by atoms with van der Waals surface area (Å²) in [5.74, 6) is -3.29. The highest BCUT2D eigenvalue weighted by atomic mass is 35.5. The number of aromatic nitrogens is 4. The number of halogens is 6. The molecule has 1 atom stereocenters. The normalized spacial score (nSPS) is 13.0. The van der Waals surface area contributed by atoms with Gasteiger partial charge in [-0.05, 0) is 60.2 Å². The number of ether oxygens (including phenoxy) is 1. The van der Waals surface area contributed by atoms with Crippen molar-refractivity contribution in [2.45, 2.75) is 46.0 Å². The molecule has 1 amide bonds. The van der Waals surface area contributed by atoms with E-state index >= 15 is 0 Å². The maximum absolute atomic E-state index is 13.9. The molecule has 5 rings (SSSR count). The van der Waals surface area contributed by atoms with Crippen molar-refractivity contribution in [3.05, 3.63) is 106 Å². The fourth-order valence-corrected chi connectivity index (χ4v) is 4.66. The van der Waals surface area contributed by atoms with Gasteiger partial charge in [0, 0.05) is 18.8 Å². The van der Waals surface area contributed by atoms with Gasteiger partial charge in [0.2, 0.25) is 0 Å². The summed E-state index contributed by atoms with van der Waals surface area (Å²) in [6, 6.07) is 6.50. The van der Waals surface area contributed by atoms with E-state index in [4.69, 9.17) is 10.5 Å². The highest BCUT2D eigenvalue weighted by molar-refractivity contribution is 5.96. The highest BCUT2D eigenvalue weighted by Gasteiger charge is 2.32. The van der Waals surface area contributed by atoms with Crippen LogP contribution in [0.4, 0.5) is 17.6 Å². The third kappa shape index (κ3) is 9.02. The van der Waals surface area contributed by atoms with Gasteiger partial charge in [0.15, 0.2) is 17.2 Å². The number of hydrogen-bond donors (Lipinski definition) is 3. The second kappa shape index (κ2) is 16.8. The van der Waals surface area contributed by atoms with E-state index in [0.717, 1.165) is 45.7 Å². The number of aromatic carboxylic acids is 1. The number of rotatable bonds is 7. The third-order valence-corrected chi connectivity index (χ3v) is 6.78.